The molecule has 4 rings (SSSR count). The number of nitrogens with one attached hydrogen (secondary N) is 2. The first-order chi connectivity index (χ1) is 17.9. The minimum absolute atomic E-state index is 0.131. The molecule has 0 spiro atoms. The van der Waals surface area contributed by atoms with Crippen LogP contribution in [0.25, 0.3) is 21.9 Å². The minimum Gasteiger partial charge on any atom is -0.484 e. The Morgan fingerprint density at radius 1 is 1.11 bits per heavy atom. The zero-order chi connectivity index (χ0) is 26.4. The van der Waals surface area contributed by atoms with Gasteiger partial charge in [0.15, 0.2) is 6.61 Å². The second-order valence-corrected chi connectivity index (χ2v) is 9.27. The van der Waals surface area contributed by atoms with Crippen LogP contribution in [0.5, 0.6) is 5.75 Å². The molecule has 8 heteroatoms. The Bertz CT molecular complexity index is 1470. The maximum Gasteiger partial charge on any atom is 0.339 e. The van der Waals surface area contributed by atoms with Gasteiger partial charge in [-0.25, -0.2) is 9.59 Å². The number of carbonyl (C=O) groups excluding carboxylic acids is 1. The number of hydrogen-bond donors (Lipinski definition) is 3. The van der Waals surface area contributed by atoms with Crippen molar-refractivity contribution in [2.24, 2.45) is 0 Å². The third-order valence-electron chi connectivity index (χ3n) is 6.64. The lowest BCUT2D eigenvalue weighted by molar-refractivity contribution is -0.142. The number of H-pyrrole nitrogens is 1. The van der Waals surface area contributed by atoms with Crippen molar-refractivity contribution in [3.63, 3.8) is 0 Å². The molecule has 0 unspecified atom stereocenters. The van der Waals surface area contributed by atoms with E-state index in [1.54, 1.807) is 18.3 Å². The molecule has 4 aromatic rings. The summed E-state index contributed by atoms with van der Waals surface area (Å²) < 4.78 is 11.1. The van der Waals surface area contributed by atoms with Gasteiger partial charge in [-0.05, 0) is 49.1 Å². The fourth-order valence-corrected chi connectivity index (χ4v) is 4.59. The number of para-hydroxylation sites is 1. The fraction of sp³-hybridized carbons (Fsp3) is 0.345. The van der Waals surface area contributed by atoms with E-state index < -0.39 is 17.9 Å². The van der Waals surface area contributed by atoms with E-state index in [2.05, 4.69) is 17.2 Å². The highest BCUT2D eigenvalue weighted by Gasteiger charge is 2.22. The number of rotatable bonds is 12. The van der Waals surface area contributed by atoms with Crippen molar-refractivity contribution < 1.29 is 23.8 Å². The monoisotopic (exact) mass is 504 g/mol. The Kier molecular flexibility index (Phi) is 8.28. The van der Waals surface area contributed by atoms with E-state index in [0.29, 0.717) is 23.3 Å². The number of hydrogen-bond acceptors (Lipinski definition) is 5. The molecule has 0 saturated carbocycles. The summed E-state index contributed by atoms with van der Waals surface area (Å²) in [4.78, 5) is 40.0. The summed E-state index contributed by atoms with van der Waals surface area (Å²) in [6.45, 7) is 3.69. The fourth-order valence-electron chi connectivity index (χ4n) is 4.59. The molecule has 37 heavy (non-hydrogen) atoms. The minimum atomic E-state index is -1.13. The Labute approximate surface area is 214 Å². The molecule has 0 aliphatic rings. The maximum atomic E-state index is 12.6. The van der Waals surface area contributed by atoms with E-state index >= 15 is 0 Å². The van der Waals surface area contributed by atoms with Gasteiger partial charge in [0.25, 0.3) is 5.91 Å². The number of carbonyl (C=O) groups is 2. The van der Waals surface area contributed by atoms with Gasteiger partial charge in [-0.2, -0.15) is 0 Å². The van der Waals surface area contributed by atoms with Gasteiger partial charge in [-0.15, -0.1) is 0 Å². The number of aromatic nitrogens is 1. The quantitative estimate of drug-likeness (QED) is 0.186. The number of benzene rings is 2. The molecule has 3 N–H and O–H groups in total. The normalized spacial score (nSPS) is 12.1. The van der Waals surface area contributed by atoms with Crippen LogP contribution in [0, 0.1) is 6.92 Å². The topological polar surface area (TPSA) is 122 Å². The number of aromatic amines is 1. The van der Waals surface area contributed by atoms with Gasteiger partial charge >= 0.3 is 11.6 Å². The van der Waals surface area contributed by atoms with Crippen molar-refractivity contribution in [1.82, 2.24) is 10.3 Å². The van der Waals surface area contributed by atoms with Gasteiger partial charge < -0.3 is 24.6 Å². The Morgan fingerprint density at radius 3 is 2.70 bits per heavy atom. The molecule has 1 atom stereocenters. The summed E-state index contributed by atoms with van der Waals surface area (Å²) in [5, 5.41) is 13.9. The number of aliphatic carboxylic acids is 1. The van der Waals surface area contributed by atoms with Gasteiger partial charge in [-0.1, -0.05) is 44.4 Å². The van der Waals surface area contributed by atoms with E-state index in [-0.39, 0.29) is 18.7 Å². The smallest absolute Gasteiger partial charge is 0.339 e. The summed E-state index contributed by atoms with van der Waals surface area (Å²) in [6, 6.07) is 11.6. The maximum absolute atomic E-state index is 12.6. The molecule has 2 heterocycles. The van der Waals surface area contributed by atoms with Crippen LogP contribution in [-0.2, 0) is 22.4 Å². The van der Waals surface area contributed by atoms with Gasteiger partial charge in [-0.3, -0.25) is 4.79 Å². The second kappa shape index (κ2) is 11.8. The number of unbranched alkanes of at least 4 members (excludes halogenated alkanes) is 3. The highest BCUT2D eigenvalue weighted by molar-refractivity contribution is 5.87. The van der Waals surface area contributed by atoms with Crippen molar-refractivity contribution in [3.8, 4) is 5.75 Å². The van der Waals surface area contributed by atoms with E-state index in [9.17, 15) is 19.5 Å². The van der Waals surface area contributed by atoms with Crippen LogP contribution in [0.1, 0.15) is 49.3 Å². The first-order valence-corrected chi connectivity index (χ1v) is 12.6. The van der Waals surface area contributed by atoms with Crippen LogP contribution in [-0.4, -0.2) is 34.6 Å². The molecule has 0 fully saturated rings. The molecule has 8 nitrogen and oxygen atoms in total. The van der Waals surface area contributed by atoms with Crippen molar-refractivity contribution in [1.29, 1.82) is 0 Å². The lowest BCUT2D eigenvalue weighted by atomic mass is 10.0. The summed E-state index contributed by atoms with van der Waals surface area (Å²) in [7, 11) is 0. The molecule has 0 aliphatic heterocycles. The Morgan fingerprint density at radius 2 is 1.92 bits per heavy atom. The number of fused-ring (bicyclic) bond motifs is 2. The van der Waals surface area contributed by atoms with E-state index in [4.69, 9.17) is 9.15 Å². The molecule has 0 saturated heterocycles. The van der Waals surface area contributed by atoms with E-state index in [1.807, 2.05) is 37.3 Å². The molecule has 0 bridgehead atoms. The zero-order valence-electron chi connectivity index (χ0n) is 21.1. The molecule has 2 aromatic heterocycles. The third-order valence-corrected chi connectivity index (χ3v) is 6.64. The van der Waals surface area contributed by atoms with Crippen LogP contribution in [0.3, 0.4) is 0 Å². The summed E-state index contributed by atoms with van der Waals surface area (Å²) in [5.41, 5.74) is 3.34. The molecule has 0 radical (unpaired) electrons. The third kappa shape index (κ3) is 6.20. The second-order valence-electron chi connectivity index (χ2n) is 9.27. The lowest BCUT2D eigenvalue weighted by Crippen LogP contribution is -2.44. The lowest BCUT2D eigenvalue weighted by Gasteiger charge is -2.15. The molecule has 2 aromatic carbocycles. The van der Waals surface area contributed by atoms with Crippen LogP contribution in [0.2, 0.25) is 0 Å². The van der Waals surface area contributed by atoms with Gasteiger partial charge in [0.05, 0.1) is 0 Å². The molecule has 0 aliphatic carbocycles. The number of carboxylic acid groups (broad SMARTS) is 1. The highest BCUT2D eigenvalue weighted by atomic mass is 16.5. The number of aryl methyl sites for hydroxylation is 1. The van der Waals surface area contributed by atoms with Crippen LogP contribution in [0.4, 0.5) is 0 Å². The average molecular weight is 505 g/mol. The first kappa shape index (κ1) is 26.0. The predicted molar refractivity (Wildman–Crippen MR) is 142 cm³/mol. The molecule has 1 amide bonds. The number of amides is 1. The highest BCUT2D eigenvalue weighted by Crippen LogP contribution is 2.25. The first-order valence-electron chi connectivity index (χ1n) is 12.6. The standard InChI is InChI=1S/C29H32N2O6/c1-3-4-5-6-9-22-18(2)21-13-12-20(15-26(21)37-29(22)35)36-17-27(32)31-25(28(33)34)14-19-16-30-24-11-8-7-10-23(19)24/h7-8,10-13,15-16,25,30H,3-6,9,14,17H2,1-2H3,(H,31,32)(H,33,34)/t25-/m0/s1. The van der Waals surface area contributed by atoms with Crippen LogP contribution < -0.4 is 15.7 Å². The summed E-state index contributed by atoms with van der Waals surface area (Å²) in [5.74, 6) is -1.34. The largest absolute Gasteiger partial charge is 0.484 e. The molecular weight excluding hydrogens is 472 g/mol. The number of ether oxygens (including phenoxy) is 1. The van der Waals surface area contributed by atoms with Crippen LogP contribution in [0.15, 0.2) is 57.9 Å². The van der Waals surface area contributed by atoms with Crippen molar-refractivity contribution in [3.05, 3.63) is 75.8 Å². The van der Waals surface area contributed by atoms with E-state index in [1.165, 1.54) is 0 Å². The Balaban J connectivity index is 1.39. The number of carboxylic acids is 1. The van der Waals surface area contributed by atoms with Gasteiger partial charge in [0, 0.05) is 40.5 Å². The van der Waals surface area contributed by atoms with Gasteiger partial charge in [0.2, 0.25) is 0 Å². The van der Waals surface area contributed by atoms with Crippen molar-refractivity contribution in [2.75, 3.05) is 6.61 Å². The predicted octanol–water partition coefficient (Wildman–Crippen LogP) is 4.90. The SMILES string of the molecule is CCCCCCc1c(C)c2ccc(OCC(=O)N[C@@H](Cc3c[nH]c4ccccc34)C(=O)O)cc2oc1=O. The summed E-state index contributed by atoms with van der Waals surface area (Å²) in [6.07, 6.45) is 6.87. The molecular formula is C29H32N2O6. The van der Waals surface area contributed by atoms with Gasteiger partial charge in [0.1, 0.15) is 17.4 Å². The summed E-state index contributed by atoms with van der Waals surface area (Å²) >= 11 is 0. The molecule has 194 valence electrons. The average Bonchev–Trinajstić information content (AvgIpc) is 3.29. The van der Waals surface area contributed by atoms with E-state index in [0.717, 1.165) is 53.1 Å². The van der Waals surface area contributed by atoms with Crippen LogP contribution >= 0.6 is 0 Å². The zero-order valence-corrected chi connectivity index (χ0v) is 21.1. The van der Waals surface area contributed by atoms with Crippen molar-refractivity contribution in [2.45, 2.75) is 58.4 Å². The Hall–Kier alpha value is -4.07. The van der Waals surface area contributed by atoms with Crippen molar-refractivity contribution >= 4 is 33.7 Å².